The summed E-state index contributed by atoms with van der Waals surface area (Å²) in [7, 11) is 0. The molecule has 0 fully saturated rings. The predicted octanol–water partition coefficient (Wildman–Crippen LogP) is 3.48. The van der Waals surface area contributed by atoms with Gasteiger partial charge in [0.05, 0.1) is 0 Å². The molecule has 0 aliphatic carbocycles. The van der Waals surface area contributed by atoms with Gasteiger partial charge in [0.15, 0.2) is 0 Å². The van der Waals surface area contributed by atoms with Gasteiger partial charge >= 0.3 is 0 Å². The summed E-state index contributed by atoms with van der Waals surface area (Å²) >= 11 is 0. The van der Waals surface area contributed by atoms with Crippen LogP contribution in [0.3, 0.4) is 0 Å². The van der Waals surface area contributed by atoms with E-state index >= 15 is 0 Å². The van der Waals surface area contributed by atoms with Gasteiger partial charge in [-0.2, -0.15) is 12.8 Å². The fourth-order valence-electron chi connectivity index (χ4n) is 1.57. The van der Waals surface area contributed by atoms with Crippen molar-refractivity contribution in [3.05, 3.63) is 13.8 Å². The summed E-state index contributed by atoms with van der Waals surface area (Å²) < 4.78 is 0. The van der Waals surface area contributed by atoms with E-state index in [1.54, 1.807) is 0 Å². The molecule has 0 amide bonds. The maximum absolute atomic E-state index is 3.93. The Kier molecular flexibility index (Phi) is 12.2. The summed E-state index contributed by atoms with van der Waals surface area (Å²) in [6.45, 7) is 12.4. The average Bonchev–Trinajstić information content (AvgIpc) is 2.00. The van der Waals surface area contributed by atoms with Crippen LogP contribution in [0.4, 0.5) is 0 Å². The maximum Gasteiger partial charge on any atom is 0 e. The molecule has 0 nitrogen and oxygen atoms in total. The Morgan fingerprint density at radius 3 is 1.36 bits per heavy atom. The number of hydrogen-bond donors (Lipinski definition) is 0. The summed E-state index contributed by atoms with van der Waals surface area (Å²) in [4.78, 5) is 0. The van der Waals surface area contributed by atoms with Crippen LogP contribution in [0, 0.1) is 25.7 Å². The van der Waals surface area contributed by atoms with Crippen molar-refractivity contribution in [3.8, 4) is 0 Å². The van der Waals surface area contributed by atoms with Crippen LogP contribution >= 0.6 is 0 Å². The van der Waals surface area contributed by atoms with Crippen LogP contribution in [-0.2, 0) is 32.7 Å². The minimum absolute atomic E-state index is 0. The van der Waals surface area contributed by atoms with E-state index in [1.165, 1.54) is 12.8 Å². The molecule has 0 saturated heterocycles. The van der Waals surface area contributed by atoms with Gasteiger partial charge in [0, 0.05) is 32.7 Å². The molecule has 0 atom stereocenters. The van der Waals surface area contributed by atoms with Crippen molar-refractivity contribution in [2.75, 3.05) is 0 Å². The zero-order valence-corrected chi connectivity index (χ0v) is 10.8. The van der Waals surface area contributed by atoms with Crippen molar-refractivity contribution in [2.45, 2.75) is 39.5 Å². The van der Waals surface area contributed by atoms with Crippen molar-refractivity contribution in [1.82, 2.24) is 0 Å². The van der Waals surface area contributed by atoms with Crippen LogP contribution < -0.4 is 0 Å². The summed E-state index contributed by atoms with van der Waals surface area (Å²) in [6.07, 6.45) is 4.67. The normalized spacial score (nSPS) is 10.4. The maximum atomic E-state index is 3.93. The van der Waals surface area contributed by atoms with Gasteiger partial charge in [-0.25, -0.2) is 0 Å². The molecular formula is C10H20Y-2. The smallest absolute Gasteiger partial charge is 0 e. The number of hydrogen-bond acceptors (Lipinski definition) is 0. The Bertz CT molecular complexity index is 53.3. The Hall–Kier alpha value is 1.10. The molecule has 0 saturated carbocycles. The fourth-order valence-corrected chi connectivity index (χ4v) is 1.57. The van der Waals surface area contributed by atoms with E-state index in [0.29, 0.717) is 0 Å². The van der Waals surface area contributed by atoms with Gasteiger partial charge in [-0.1, -0.05) is 32.6 Å². The molecule has 1 heteroatoms. The third-order valence-electron chi connectivity index (χ3n) is 2.46. The molecule has 0 N–H and O–H groups in total. The molecule has 0 aliphatic rings. The van der Waals surface area contributed by atoms with Crippen molar-refractivity contribution in [1.29, 1.82) is 0 Å². The first kappa shape index (κ1) is 14.6. The van der Waals surface area contributed by atoms with Gasteiger partial charge in [0.1, 0.15) is 0 Å². The van der Waals surface area contributed by atoms with E-state index in [2.05, 4.69) is 27.7 Å². The molecule has 11 heavy (non-hydrogen) atoms. The van der Waals surface area contributed by atoms with E-state index < -0.39 is 0 Å². The van der Waals surface area contributed by atoms with E-state index in [0.717, 1.165) is 24.7 Å². The quantitative estimate of drug-likeness (QED) is 0.633. The minimum Gasteiger partial charge on any atom is -0.343 e. The molecule has 0 heterocycles. The molecule has 0 aromatic heterocycles. The Labute approximate surface area is 97.4 Å². The van der Waals surface area contributed by atoms with E-state index in [-0.39, 0.29) is 32.7 Å². The van der Waals surface area contributed by atoms with Crippen LogP contribution in [-0.4, -0.2) is 0 Å². The molecule has 0 rings (SSSR count). The molecule has 65 valence electrons. The second-order valence-corrected chi connectivity index (χ2v) is 2.91. The van der Waals surface area contributed by atoms with Gasteiger partial charge in [-0.15, -0.1) is 0 Å². The van der Waals surface area contributed by atoms with Crippen LogP contribution in [0.5, 0.6) is 0 Å². The molecule has 0 bridgehead atoms. The van der Waals surface area contributed by atoms with Crippen molar-refractivity contribution in [2.24, 2.45) is 11.8 Å². The van der Waals surface area contributed by atoms with Crippen molar-refractivity contribution in [3.63, 3.8) is 0 Å². The first-order valence-electron chi connectivity index (χ1n) is 4.38. The summed E-state index contributed by atoms with van der Waals surface area (Å²) in [5.74, 6) is 1.62. The van der Waals surface area contributed by atoms with E-state index in [1.807, 2.05) is 0 Å². The monoisotopic (exact) mass is 229 g/mol. The minimum atomic E-state index is 0. The summed E-state index contributed by atoms with van der Waals surface area (Å²) in [5.41, 5.74) is 0. The zero-order valence-electron chi connectivity index (χ0n) is 7.97. The van der Waals surface area contributed by atoms with Crippen LogP contribution in [0.25, 0.3) is 0 Å². The predicted molar refractivity (Wildman–Crippen MR) is 47.5 cm³/mol. The van der Waals surface area contributed by atoms with Crippen LogP contribution in [0.2, 0.25) is 0 Å². The van der Waals surface area contributed by atoms with Gasteiger partial charge < -0.3 is 13.8 Å². The second-order valence-electron chi connectivity index (χ2n) is 2.91. The molecule has 0 aliphatic heterocycles. The average molecular weight is 229 g/mol. The van der Waals surface area contributed by atoms with E-state index in [9.17, 15) is 0 Å². The zero-order chi connectivity index (χ0) is 7.98. The van der Waals surface area contributed by atoms with Gasteiger partial charge in [0.2, 0.25) is 0 Å². The summed E-state index contributed by atoms with van der Waals surface area (Å²) in [5, 5.41) is 0. The molecule has 0 aromatic carbocycles. The fraction of sp³-hybridized carbons (Fsp3) is 0.800. The topological polar surface area (TPSA) is 0 Å². The second kappa shape index (κ2) is 9.19. The SMILES string of the molecule is [CH2-]CC(C[CH2-])C(CC)CC.[Y]. The molecule has 0 spiro atoms. The molecule has 0 unspecified atom stereocenters. The molecule has 1 radical (unpaired) electrons. The third-order valence-corrected chi connectivity index (χ3v) is 2.46. The Balaban J connectivity index is 0. The summed E-state index contributed by atoms with van der Waals surface area (Å²) in [6, 6.07) is 0. The van der Waals surface area contributed by atoms with Crippen molar-refractivity contribution >= 4 is 0 Å². The standard InChI is InChI=1S/C10H20.Y/c1-5-9(6-2)10(7-3)8-4;/h9-10H,1-2,5-8H2,3-4H3;/q-2;. The molecular weight excluding hydrogens is 209 g/mol. The number of rotatable bonds is 5. The van der Waals surface area contributed by atoms with Gasteiger partial charge in [0.25, 0.3) is 0 Å². The Morgan fingerprint density at radius 1 is 0.909 bits per heavy atom. The van der Waals surface area contributed by atoms with Crippen LogP contribution in [0.1, 0.15) is 39.5 Å². The third kappa shape index (κ3) is 5.36. The Morgan fingerprint density at radius 2 is 1.27 bits per heavy atom. The molecule has 0 aromatic rings. The largest absolute Gasteiger partial charge is 0.343 e. The van der Waals surface area contributed by atoms with E-state index in [4.69, 9.17) is 0 Å². The van der Waals surface area contributed by atoms with Gasteiger partial charge in [-0.05, 0) is 5.92 Å². The first-order valence-corrected chi connectivity index (χ1v) is 4.38. The van der Waals surface area contributed by atoms with Crippen molar-refractivity contribution < 1.29 is 32.7 Å². The van der Waals surface area contributed by atoms with Crippen LogP contribution in [0.15, 0.2) is 0 Å². The van der Waals surface area contributed by atoms with Gasteiger partial charge in [-0.3, -0.25) is 0 Å². The first-order chi connectivity index (χ1) is 4.79.